The third-order valence-electron chi connectivity index (χ3n) is 4.91. The van der Waals surface area contributed by atoms with Crippen molar-refractivity contribution in [1.29, 1.82) is 0 Å². The molecule has 2 aromatic rings. The summed E-state index contributed by atoms with van der Waals surface area (Å²) in [6.07, 6.45) is 6.12. The minimum Gasteiger partial charge on any atom is -0.471 e. The second kappa shape index (κ2) is 9.51. The summed E-state index contributed by atoms with van der Waals surface area (Å²) in [7, 11) is 0. The summed E-state index contributed by atoms with van der Waals surface area (Å²) in [6.45, 7) is 7.58. The molecular weight excluding hydrogens is 338 g/mol. The number of nitrogens with one attached hydrogen (secondary N) is 1. The van der Waals surface area contributed by atoms with E-state index in [4.69, 9.17) is 4.74 Å². The Kier molecular flexibility index (Phi) is 6.82. The monoisotopic (exact) mass is 367 g/mol. The van der Waals surface area contributed by atoms with Crippen LogP contribution in [0.25, 0.3) is 0 Å². The average molecular weight is 367 g/mol. The number of carbonyl (C=O) groups is 1. The Morgan fingerprint density at radius 3 is 3.00 bits per heavy atom. The lowest BCUT2D eigenvalue weighted by atomic mass is 10.00. The molecule has 1 saturated heterocycles. The van der Waals surface area contributed by atoms with Gasteiger partial charge in [0.1, 0.15) is 5.75 Å². The van der Waals surface area contributed by atoms with Crippen LogP contribution in [0.2, 0.25) is 0 Å². The SMILES string of the molecule is CCC(NC(=O)c1cccnc1)Oc1cccc(CN2CCCC(C)C2)c1. The highest BCUT2D eigenvalue weighted by Crippen LogP contribution is 2.21. The van der Waals surface area contributed by atoms with E-state index in [2.05, 4.69) is 34.3 Å². The van der Waals surface area contributed by atoms with Crippen molar-refractivity contribution in [3.05, 3.63) is 59.9 Å². The van der Waals surface area contributed by atoms with Crippen LogP contribution in [0.1, 0.15) is 49.0 Å². The van der Waals surface area contributed by atoms with Crippen LogP contribution >= 0.6 is 0 Å². The Balaban J connectivity index is 1.59. The molecule has 1 aromatic carbocycles. The summed E-state index contributed by atoms with van der Waals surface area (Å²) in [6, 6.07) is 11.7. The van der Waals surface area contributed by atoms with Crippen LogP contribution in [-0.2, 0) is 6.54 Å². The number of carbonyl (C=O) groups excluding carboxylic acids is 1. The van der Waals surface area contributed by atoms with E-state index in [1.165, 1.54) is 18.4 Å². The van der Waals surface area contributed by atoms with Crippen molar-refractivity contribution in [1.82, 2.24) is 15.2 Å². The number of ether oxygens (including phenoxy) is 1. The molecule has 2 atom stereocenters. The number of likely N-dealkylation sites (tertiary alicyclic amines) is 1. The van der Waals surface area contributed by atoms with Crippen molar-refractivity contribution < 1.29 is 9.53 Å². The van der Waals surface area contributed by atoms with E-state index >= 15 is 0 Å². The van der Waals surface area contributed by atoms with Gasteiger partial charge in [-0.05, 0) is 55.1 Å². The molecular formula is C22H29N3O2. The van der Waals surface area contributed by atoms with Crippen LogP contribution < -0.4 is 10.1 Å². The number of hydrogen-bond donors (Lipinski definition) is 1. The second-order valence-electron chi connectivity index (χ2n) is 7.36. The zero-order chi connectivity index (χ0) is 19.1. The van der Waals surface area contributed by atoms with Crippen molar-refractivity contribution in [2.45, 2.75) is 45.9 Å². The number of amides is 1. The number of aromatic nitrogens is 1. The Hall–Kier alpha value is -2.40. The summed E-state index contributed by atoms with van der Waals surface area (Å²) >= 11 is 0. The fraction of sp³-hybridized carbons (Fsp3) is 0.455. The van der Waals surface area contributed by atoms with E-state index in [1.54, 1.807) is 24.5 Å². The van der Waals surface area contributed by atoms with Crippen LogP contribution in [0, 0.1) is 5.92 Å². The van der Waals surface area contributed by atoms with Gasteiger partial charge >= 0.3 is 0 Å². The second-order valence-corrected chi connectivity index (χ2v) is 7.36. The molecule has 1 N–H and O–H groups in total. The Morgan fingerprint density at radius 2 is 2.26 bits per heavy atom. The van der Waals surface area contributed by atoms with Gasteiger partial charge in [0, 0.05) is 31.9 Å². The Bertz CT molecular complexity index is 735. The third kappa shape index (κ3) is 5.79. The lowest BCUT2D eigenvalue weighted by molar-refractivity contribution is 0.0822. The van der Waals surface area contributed by atoms with Crippen LogP contribution in [0.15, 0.2) is 48.8 Å². The molecule has 0 aliphatic carbocycles. The summed E-state index contributed by atoms with van der Waals surface area (Å²) in [5.74, 6) is 1.38. The molecule has 2 unspecified atom stereocenters. The number of benzene rings is 1. The van der Waals surface area contributed by atoms with Gasteiger partial charge in [-0.3, -0.25) is 14.7 Å². The molecule has 1 amide bonds. The first-order valence-electron chi connectivity index (χ1n) is 9.83. The zero-order valence-corrected chi connectivity index (χ0v) is 16.2. The number of nitrogens with zero attached hydrogens (tertiary/aromatic N) is 2. The van der Waals surface area contributed by atoms with Crippen molar-refractivity contribution in [3.63, 3.8) is 0 Å². The van der Waals surface area contributed by atoms with Gasteiger partial charge in [0.2, 0.25) is 0 Å². The predicted molar refractivity (Wildman–Crippen MR) is 107 cm³/mol. The molecule has 0 bridgehead atoms. The maximum atomic E-state index is 12.3. The first-order chi connectivity index (χ1) is 13.1. The topological polar surface area (TPSA) is 54.5 Å². The molecule has 2 heterocycles. The van der Waals surface area contributed by atoms with Crippen molar-refractivity contribution in [2.24, 2.45) is 5.92 Å². The van der Waals surface area contributed by atoms with E-state index in [0.29, 0.717) is 12.0 Å². The molecule has 144 valence electrons. The molecule has 3 rings (SSSR count). The van der Waals surface area contributed by atoms with Crippen LogP contribution in [0.4, 0.5) is 0 Å². The van der Waals surface area contributed by atoms with E-state index < -0.39 is 0 Å². The highest BCUT2D eigenvalue weighted by atomic mass is 16.5. The third-order valence-corrected chi connectivity index (χ3v) is 4.91. The summed E-state index contributed by atoms with van der Waals surface area (Å²) in [5, 5.41) is 2.93. The molecule has 1 fully saturated rings. The Morgan fingerprint density at radius 1 is 1.37 bits per heavy atom. The standard InChI is InChI=1S/C22H29N3O2/c1-3-21(24-22(26)19-9-5-11-23-14-19)27-20-10-4-8-18(13-20)16-25-12-6-7-17(2)15-25/h4-5,8-11,13-14,17,21H,3,6-7,12,15-16H2,1-2H3,(H,24,26). The number of piperidine rings is 1. The summed E-state index contributed by atoms with van der Waals surface area (Å²) in [5.41, 5.74) is 1.78. The minimum atomic E-state index is -0.372. The van der Waals surface area contributed by atoms with Crippen LogP contribution in [0.5, 0.6) is 5.75 Å². The quantitative estimate of drug-likeness (QED) is 0.755. The molecule has 0 radical (unpaired) electrons. The average Bonchev–Trinajstić information content (AvgIpc) is 2.68. The van der Waals surface area contributed by atoms with E-state index in [-0.39, 0.29) is 12.1 Å². The largest absolute Gasteiger partial charge is 0.471 e. The molecule has 27 heavy (non-hydrogen) atoms. The first-order valence-corrected chi connectivity index (χ1v) is 9.83. The summed E-state index contributed by atoms with van der Waals surface area (Å²) in [4.78, 5) is 18.8. The molecule has 5 nitrogen and oxygen atoms in total. The minimum absolute atomic E-state index is 0.173. The maximum Gasteiger partial charge on any atom is 0.255 e. The molecule has 1 aromatic heterocycles. The van der Waals surface area contributed by atoms with E-state index in [1.807, 2.05) is 19.1 Å². The number of pyridine rings is 1. The van der Waals surface area contributed by atoms with E-state index in [9.17, 15) is 4.79 Å². The zero-order valence-electron chi connectivity index (χ0n) is 16.2. The van der Waals surface area contributed by atoms with E-state index in [0.717, 1.165) is 31.3 Å². The Labute approximate surface area is 161 Å². The highest BCUT2D eigenvalue weighted by molar-refractivity contribution is 5.93. The van der Waals surface area contributed by atoms with Gasteiger partial charge in [-0.1, -0.05) is 26.0 Å². The molecule has 0 saturated carbocycles. The summed E-state index contributed by atoms with van der Waals surface area (Å²) < 4.78 is 6.04. The van der Waals surface area contributed by atoms with Gasteiger partial charge in [-0.15, -0.1) is 0 Å². The lowest BCUT2D eigenvalue weighted by Gasteiger charge is -2.31. The predicted octanol–water partition coefficient (Wildman–Crippen LogP) is 3.86. The maximum absolute atomic E-state index is 12.3. The van der Waals surface area contributed by atoms with Crippen LogP contribution in [-0.4, -0.2) is 35.1 Å². The first kappa shape index (κ1) is 19.4. The number of hydrogen-bond acceptors (Lipinski definition) is 4. The van der Waals surface area contributed by atoms with Crippen molar-refractivity contribution in [2.75, 3.05) is 13.1 Å². The molecule has 0 spiro atoms. The molecule has 1 aliphatic rings. The lowest BCUT2D eigenvalue weighted by Crippen LogP contribution is -2.38. The van der Waals surface area contributed by atoms with Crippen LogP contribution in [0.3, 0.4) is 0 Å². The van der Waals surface area contributed by atoms with Gasteiger partial charge in [0.05, 0.1) is 5.56 Å². The highest BCUT2D eigenvalue weighted by Gasteiger charge is 2.17. The van der Waals surface area contributed by atoms with Crippen molar-refractivity contribution >= 4 is 5.91 Å². The smallest absolute Gasteiger partial charge is 0.255 e. The van der Waals surface area contributed by atoms with Gasteiger partial charge in [0.25, 0.3) is 5.91 Å². The van der Waals surface area contributed by atoms with Gasteiger partial charge in [0.15, 0.2) is 6.23 Å². The normalized spacial score (nSPS) is 18.7. The fourth-order valence-electron chi connectivity index (χ4n) is 3.51. The van der Waals surface area contributed by atoms with Crippen molar-refractivity contribution in [3.8, 4) is 5.75 Å². The number of rotatable bonds is 7. The molecule has 5 heteroatoms. The fourth-order valence-corrected chi connectivity index (χ4v) is 3.51. The van der Waals surface area contributed by atoms with Gasteiger partial charge in [-0.25, -0.2) is 0 Å². The van der Waals surface area contributed by atoms with Gasteiger partial charge in [-0.2, -0.15) is 0 Å². The van der Waals surface area contributed by atoms with Gasteiger partial charge < -0.3 is 10.1 Å². The molecule has 1 aliphatic heterocycles.